The molecule has 0 aromatic heterocycles. The maximum atomic E-state index is 11.7. The number of primary amides is 1. The molecule has 1 rings (SSSR count). The fourth-order valence-electron chi connectivity index (χ4n) is 1.53. The van der Waals surface area contributed by atoms with Crippen molar-refractivity contribution in [2.45, 2.75) is 38.8 Å². The van der Waals surface area contributed by atoms with Crippen molar-refractivity contribution in [3.05, 3.63) is 29.8 Å². The highest BCUT2D eigenvalue weighted by Gasteiger charge is 2.23. The molecule has 1 aromatic carbocycles. The number of ether oxygens (including phenoxy) is 1. The highest BCUT2D eigenvalue weighted by atomic mass is 16.6. The molecule has 20 heavy (non-hydrogen) atoms. The molecule has 6 nitrogen and oxygen atoms in total. The predicted octanol–water partition coefficient (Wildman–Crippen LogP) is 1.19. The van der Waals surface area contributed by atoms with Gasteiger partial charge in [0.1, 0.15) is 0 Å². The lowest BCUT2D eigenvalue weighted by Gasteiger charge is -2.22. The number of carbonyl (C=O) groups is 2. The van der Waals surface area contributed by atoms with Gasteiger partial charge >= 0.3 is 6.09 Å². The van der Waals surface area contributed by atoms with Gasteiger partial charge in [-0.2, -0.15) is 0 Å². The van der Waals surface area contributed by atoms with Gasteiger partial charge in [0.2, 0.25) is 0 Å². The Morgan fingerprint density at radius 1 is 1.25 bits per heavy atom. The van der Waals surface area contributed by atoms with E-state index in [0.717, 1.165) is 5.56 Å². The second-order valence-electron chi connectivity index (χ2n) is 5.62. The summed E-state index contributed by atoms with van der Waals surface area (Å²) in [6.07, 6.45) is -1.47. The van der Waals surface area contributed by atoms with Gasteiger partial charge in [-0.1, -0.05) is 12.1 Å². The van der Waals surface area contributed by atoms with Gasteiger partial charge in [0.15, 0.2) is 6.10 Å². The van der Waals surface area contributed by atoms with Gasteiger partial charge in [-0.3, -0.25) is 4.79 Å². The molecule has 0 aliphatic carbocycles. The molecule has 0 spiro atoms. The normalized spacial score (nSPS) is 12.6. The lowest BCUT2D eigenvalue weighted by atomic mass is 10.1. The minimum absolute atomic E-state index is 0.215. The Morgan fingerprint density at radius 2 is 1.80 bits per heavy atom. The first-order valence-electron chi connectivity index (χ1n) is 6.30. The van der Waals surface area contributed by atoms with E-state index >= 15 is 0 Å². The first-order chi connectivity index (χ1) is 9.17. The highest BCUT2D eigenvalue weighted by molar-refractivity contribution is 5.82. The SMILES string of the molecule is CC(C)(C)NC(=O)OC(Cc1ccc(N)cc1)C(N)=O. The Labute approximate surface area is 118 Å². The third-order valence-corrected chi connectivity index (χ3v) is 2.44. The molecule has 5 N–H and O–H groups in total. The van der Waals surface area contributed by atoms with E-state index in [-0.39, 0.29) is 6.42 Å². The van der Waals surface area contributed by atoms with E-state index in [1.165, 1.54) is 0 Å². The first-order valence-corrected chi connectivity index (χ1v) is 6.30. The van der Waals surface area contributed by atoms with Crippen molar-refractivity contribution >= 4 is 17.7 Å². The summed E-state index contributed by atoms with van der Waals surface area (Å²) in [5.74, 6) is -0.689. The van der Waals surface area contributed by atoms with Gasteiger partial charge in [-0.05, 0) is 38.5 Å². The number of hydrogen-bond acceptors (Lipinski definition) is 4. The van der Waals surface area contributed by atoms with Crippen LogP contribution in [0, 0.1) is 0 Å². The van der Waals surface area contributed by atoms with Gasteiger partial charge in [-0.25, -0.2) is 4.79 Å². The van der Waals surface area contributed by atoms with Crippen molar-refractivity contribution in [1.82, 2.24) is 5.32 Å². The summed E-state index contributed by atoms with van der Waals surface area (Å²) >= 11 is 0. The smallest absolute Gasteiger partial charge is 0.408 e. The second-order valence-corrected chi connectivity index (χ2v) is 5.62. The standard InChI is InChI=1S/C14H21N3O3/c1-14(2,3)17-13(19)20-11(12(16)18)8-9-4-6-10(15)7-5-9/h4-7,11H,8,15H2,1-3H3,(H2,16,18)(H,17,19). The van der Waals surface area contributed by atoms with Crippen molar-refractivity contribution in [2.75, 3.05) is 5.73 Å². The third kappa shape index (κ3) is 5.60. The van der Waals surface area contributed by atoms with E-state index in [4.69, 9.17) is 16.2 Å². The van der Waals surface area contributed by atoms with Crippen LogP contribution in [0.25, 0.3) is 0 Å². The summed E-state index contributed by atoms with van der Waals surface area (Å²) < 4.78 is 5.07. The second kappa shape index (κ2) is 6.27. The number of amides is 2. The Bertz CT molecular complexity index is 477. The average molecular weight is 279 g/mol. The Morgan fingerprint density at radius 3 is 2.25 bits per heavy atom. The third-order valence-electron chi connectivity index (χ3n) is 2.44. The van der Waals surface area contributed by atoms with Gasteiger partial charge in [0, 0.05) is 17.6 Å². The molecule has 0 saturated heterocycles. The van der Waals surface area contributed by atoms with E-state index in [1.807, 2.05) is 20.8 Å². The number of carbonyl (C=O) groups excluding carboxylic acids is 2. The van der Waals surface area contributed by atoms with Gasteiger partial charge in [0.25, 0.3) is 5.91 Å². The molecule has 1 aromatic rings. The number of nitrogen functional groups attached to an aromatic ring is 1. The minimum Gasteiger partial charge on any atom is -0.436 e. The maximum absolute atomic E-state index is 11.7. The molecule has 0 aliphatic heterocycles. The zero-order valence-corrected chi connectivity index (χ0v) is 12.0. The van der Waals surface area contributed by atoms with Crippen LogP contribution in [0.2, 0.25) is 0 Å². The van der Waals surface area contributed by atoms with E-state index in [2.05, 4.69) is 5.32 Å². The number of anilines is 1. The van der Waals surface area contributed by atoms with Crippen LogP contribution in [0.5, 0.6) is 0 Å². The molecule has 0 saturated carbocycles. The Hall–Kier alpha value is -2.24. The van der Waals surface area contributed by atoms with Crippen LogP contribution in [0.4, 0.5) is 10.5 Å². The van der Waals surface area contributed by atoms with Crippen molar-refractivity contribution in [3.8, 4) is 0 Å². The molecule has 2 amide bonds. The zero-order chi connectivity index (χ0) is 15.3. The number of rotatable bonds is 4. The molecule has 0 radical (unpaired) electrons. The van der Waals surface area contributed by atoms with Gasteiger partial charge in [0.05, 0.1) is 0 Å². The van der Waals surface area contributed by atoms with Crippen molar-refractivity contribution in [1.29, 1.82) is 0 Å². The molecule has 1 unspecified atom stereocenters. The molecule has 0 heterocycles. The monoisotopic (exact) mass is 279 g/mol. The van der Waals surface area contributed by atoms with E-state index in [1.54, 1.807) is 24.3 Å². The van der Waals surface area contributed by atoms with Crippen LogP contribution in [0.15, 0.2) is 24.3 Å². The fourth-order valence-corrected chi connectivity index (χ4v) is 1.53. The summed E-state index contributed by atoms with van der Waals surface area (Å²) in [7, 11) is 0. The lowest BCUT2D eigenvalue weighted by Crippen LogP contribution is -2.45. The Balaban J connectivity index is 2.68. The van der Waals surface area contributed by atoms with Gasteiger partial charge < -0.3 is 21.5 Å². The fraction of sp³-hybridized carbons (Fsp3) is 0.429. The van der Waals surface area contributed by atoms with Crippen LogP contribution in [-0.2, 0) is 16.0 Å². The summed E-state index contributed by atoms with van der Waals surface area (Å²) in [5, 5.41) is 2.61. The molecular formula is C14H21N3O3. The van der Waals surface area contributed by atoms with Crippen LogP contribution in [0.1, 0.15) is 26.3 Å². The maximum Gasteiger partial charge on any atom is 0.408 e. The predicted molar refractivity (Wildman–Crippen MR) is 76.9 cm³/mol. The number of hydrogen-bond donors (Lipinski definition) is 3. The quantitative estimate of drug-likeness (QED) is 0.719. The molecule has 1 atom stereocenters. The molecule has 0 aliphatic rings. The minimum atomic E-state index is -1.01. The summed E-state index contributed by atoms with van der Waals surface area (Å²) in [5.41, 5.74) is 11.8. The number of benzene rings is 1. The number of nitrogens with two attached hydrogens (primary N) is 2. The highest BCUT2D eigenvalue weighted by Crippen LogP contribution is 2.10. The largest absolute Gasteiger partial charge is 0.436 e. The van der Waals surface area contributed by atoms with E-state index in [9.17, 15) is 9.59 Å². The summed E-state index contributed by atoms with van der Waals surface area (Å²) in [4.78, 5) is 23.0. The average Bonchev–Trinajstić information content (AvgIpc) is 2.28. The van der Waals surface area contributed by atoms with E-state index < -0.39 is 23.6 Å². The summed E-state index contributed by atoms with van der Waals surface area (Å²) in [6.45, 7) is 5.44. The van der Waals surface area contributed by atoms with Crippen molar-refractivity contribution in [3.63, 3.8) is 0 Å². The number of alkyl carbamates (subject to hydrolysis) is 1. The molecular weight excluding hydrogens is 258 g/mol. The van der Waals surface area contributed by atoms with Crippen LogP contribution in [-0.4, -0.2) is 23.6 Å². The lowest BCUT2D eigenvalue weighted by molar-refractivity contribution is -0.126. The first kappa shape index (κ1) is 15.8. The van der Waals surface area contributed by atoms with E-state index in [0.29, 0.717) is 5.69 Å². The molecule has 0 bridgehead atoms. The Kier molecular flexibility index (Phi) is 4.96. The summed E-state index contributed by atoms with van der Waals surface area (Å²) in [6, 6.07) is 6.94. The number of nitrogens with one attached hydrogen (secondary N) is 1. The zero-order valence-electron chi connectivity index (χ0n) is 12.0. The van der Waals surface area contributed by atoms with Crippen molar-refractivity contribution < 1.29 is 14.3 Å². The van der Waals surface area contributed by atoms with Crippen LogP contribution in [0.3, 0.4) is 0 Å². The molecule has 0 fully saturated rings. The van der Waals surface area contributed by atoms with Crippen LogP contribution >= 0.6 is 0 Å². The van der Waals surface area contributed by atoms with Gasteiger partial charge in [-0.15, -0.1) is 0 Å². The topological polar surface area (TPSA) is 107 Å². The molecule has 6 heteroatoms. The van der Waals surface area contributed by atoms with Crippen LogP contribution < -0.4 is 16.8 Å². The molecule has 110 valence electrons. The van der Waals surface area contributed by atoms with Crippen molar-refractivity contribution in [2.24, 2.45) is 5.73 Å².